The van der Waals surface area contributed by atoms with Gasteiger partial charge < -0.3 is 9.47 Å². The minimum Gasteiger partial charge on any atom is -0.490 e. The second-order valence-electron chi connectivity index (χ2n) is 7.58. The standard InChI is InChI=1S/C23H20N4O6S2/c1-4-32-18-12-14(8-9-17(18)33-21(29)15-7-5-6-13(2)10-15)11-16-19(24)27-22(25-20(16)28)34-26-23(27)35(3,30)31/h5-12,24H,4H2,1-3H3. The van der Waals surface area contributed by atoms with Gasteiger partial charge in [-0.15, -0.1) is 0 Å². The summed E-state index contributed by atoms with van der Waals surface area (Å²) >= 11 is 0.720. The number of benzene rings is 2. The second kappa shape index (κ2) is 9.47. The van der Waals surface area contributed by atoms with Crippen molar-refractivity contribution in [1.82, 2.24) is 4.90 Å². The van der Waals surface area contributed by atoms with Gasteiger partial charge >= 0.3 is 5.97 Å². The minimum atomic E-state index is -3.75. The van der Waals surface area contributed by atoms with Crippen molar-refractivity contribution in [3.63, 3.8) is 0 Å². The van der Waals surface area contributed by atoms with Crippen LogP contribution in [-0.2, 0) is 14.6 Å². The first-order valence-electron chi connectivity index (χ1n) is 10.3. The average Bonchev–Trinajstić information content (AvgIpc) is 3.23. The van der Waals surface area contributed by atoms with Crippen LogP contribution in [0.4, 0.5) is 0 Å². The van der Waals surface area contributed by atoms with E-state index in [2.05, 4.69) is 9.39 Å². The summed E-state index contributed by atoms with van der Waals surface area (Å²) in [5.41, 5.74) is 1.64. The predicted molar refractivity (Wildman–Crippen MR) is 134 cm³/mol. The lowest BCUT2D eigenvalue weighted by Crippen LogP contribution is -2.45. The van der Waals surface area contributed by atoms with Crippen LogP contribution in [0.3, 0.4) is 0 Å². The largest absolute Gasteiger partial charge is 0.490 e. The van der Waals surface area contributed by atoms with E-state index in [1.54, 1.807) is 37.3 Å². The SMILES string of the molecule is CCOc1cc(C=C2C(=N)N3C(=NC2=O)SN=C3S(C)(=O)=O)ccc1OC(=O)c1cccc(C)c1. The van der Waals surface area contributed by atoms with E-state index < -0.39 is 21.7 Å². The number of rotatable bonds is 5. The summed E-state index contributed by atoms with van der Waals surface area (Å²) in [6.07, 6.45) is 2.36. The maximum atomic E-state index is 12.6. The Hall–Kier alpha value is -3.77. The molecule has 2 aromatic rings. The summed E-state index contributed by atoms with van der Waals surface area (Å²) in [4.78, 5) is 30.1. The summed E-state index contributed by atoms with van der Waals surface area (Å²) in [7, 11) is -3.75. The molecule has 2 aliphatic rings. The van der Waals surface area contributed by atoms with Crippen molar-refractivity contribution in [2.75, 3.05) is 12.9 Å². The van der Waals surface area contributed by atoms with Crippen LogP contribution in [0.25, 0.3) is 6.08 Å². The normalized spacial score (nSPS) is 16.7. The van der Waals surface area contributed by atoms with Crippen molar-refractivity contribution in [3.05, 3.63) is 64.7 Å². The number of esters is 1. The van der Waals surface area contributed by atoms with Crippen molar-refractivity contribution >= 4 is 55.9 Å². The van der Waals surface area contributed by atoms with E-state index in [4.69, 9.17) is 14.9 Å². The van der Waals surface area contributed by atoms with E-state index in [9.17, 15) is 18.0 Å². The molecule has 0 bridgehead atoms. The van der Waals surface area contributed by atoms with Crippen LogP contribution in [-0.4, -0.2) is 54.2 Å². The molecule has 0 fully saturated rings. The maximum absolute atomic E-state index is 12.6. The Bertz CT molecular complexity index is 1460. The van der Waals surface area contributed by atoms with E-state index >= 15 is 0 Å². The molecule has 4 rings (SSSR count). The first-order chi connectivity index (χ1) is 16.6. The van der Waals surface area contributed by atoms with Crippen LogP contribution >= 0.6 is 11.9 Å². The average molecular weight is 513 g/mol. The first-order valence-corrected chi connectivity index (χ1v) is 13.0. The van der Waals surface area contributed by atoms with Gasteiger partial charge in [-0.2, -0.15) is 9.39 Å². The van der Waals surface area contributed by atoms with E-state index in [0.29, 0.717) is 11.1 Å². The molecular weight excluding hydrogens is 492 g/mol. The minimum absolute atomic E-state index is 0.00555. The molecule has 12 heteroatoms. The second-order valence-corrected chi connectivity index (χ2v) is 10.2. The summed E-state index contributed by atoms with van der Waals surface area (Å²) in [5, 5.41) is 8.09. The Morgan fingerprint density at radius 3 is 2.66 bits per heavy atom. The maximum Gasteiger partial charge on any atom is 0.343 e. The van der Waals surface area contributed by atoms with Crippen molar-refractivity contribution in [1.29, 1.82) is 5.41 Å². The zero-order valence-corrected chi connectivity index (χ0v) is 20.6. The number of hydrogen-bond acceptors (Lipinski definition) is 9. The fourth-order valence-corrected chi connectivity index (χ4v) is 5.15. The number of nitrogens with one attached hydrogen (secondary N) is 1. The third-order valence-corrected chi connectivity index (χ3v) is 6.62. The molecule has 0 saturated heterocycles. The van der Waals surface area contributed by atoms with Gasteiger partial charge in [0.05, 0.1) is 29.7 Å². The molecule has 0 atom stereocenters. The van der Waals surface area contributed by atoms with Crippen LogP contribution in [0.5, 0.6) is 11.5 Å². The number of hydrogen-bond donors (Lipinski definition) is 1. The number of fused-ring (bicyclic) bond motifs is 1. The Morgan fingerprint density at radius 2 is 1.97 bits per heavy atom. The quantitative estimate of drug-likeness (QED) is 0.279. The van der Waals surface area contributed by atoms with Gasteiger partial charge in [-0.05, 0) is 49.8 Å². The smallest absolute Gasteiger partial charge is 0.343 e. The summed E-state index contributed by atoms with van der Waals surface area (Å²) in [6, 6.07) is 11.6. The van der Waals surface area contributed by atoms with Crippen molar-refractivity contribution < 1.29 is 27.5 Å². The van der Waals surface area contributed by atoms with Gasteiger partial charge in [0, 0.05) is 6.26 Å². The third-order valence-electron chi connectivity index (χ3n) is 4.86. The molecule has 0 radical (unpaired) electrons. The number of sulfone groups is 1. The molecule has 0 spiro atoms. The number of ether oxygens (including phenoxy) is 2. The molecule has 10 nitrogen and oxygen atoms in total. The predicted octanol–water partition coefficient (Wildman–Crippen LogP) is 3.23. The molecule has 0 unspecified atom stereocenters. The van der Waals surface area contributed by atoms with Crippen LogP contribution in [0.15, 0.2) is 57.4 Å². The zero-order valence-electron chi connectivity index (χ0n) is 18.9. The molecule has 2 heterocycles. The van der Waals surface area contributed by atoms with Gasteiger partial charge in [-0.1, -0.05) is 23.8 Å². The van der Waals surface area contributed by atoms with Crippen molar-refractivity contribution in [2.45, 2.75) is 13.8 Å². The monoisotopic (exact) mass is 512 g/mol. The molecule has 35 heavy (non-hydrogen) atoms. The number of aliphatic imine (C=N–C) groups is 1. The van der Waals surface area contributed by atoms with Gasteiger partial charge in [0.15, 0.2) is 11.5 Å². The summed E-state index contributed by atoms with van der Waals surface area (Å²) in [5.74, 6) is -1.16. The Kier molecular flexibility index (Phi) is 6.59. The highest BCUT2D eigenvalue weighted by molar-refractivity contribution is 8.16. The van der Waals surface area contributed by atoms with E-state index in [0.717, 1.165) is 28.7 Å². The van der Waals surface area contributed by atoms with Crippen LogP contribution in [0.1, 0.15) is 28.4 Å². The lowest BCUT2D eigenvalue weighted by molar-refractivity contribution is -0.114. The van der Waals surface area contributed by atoms with Crippen LogP contribution in [0, 0.1) is 12.3 Å². The number of carbonyl (C=O) groups is 2. The fraction of sp³-hybridized carbons (Fsp3) is 0.174. The molecular formula is C23H20N4O6S2. The lowest BCUT2D eigenvalue weighted by atomic mass is 10.1. The van der Waals surface area contributed by atoms with Crippen LogP contribution in [0.2, 0.25) is 0 Å². The summed E-state index contributed by atoms with van der Waals surface area (Å²) < 4.78 is 39.1. The van der Waals surface area contributed by atoms with Gasteiger partial charge in [0.1, 0.15) is 5.84 Å². The Balaban J connectivity index is 1.65. The molecule has 0 aromatic heterocycles. The topological polar surface area (TPSA) is 139 Å². The molecule has 0 saturated carbocycles. The van der Waals surface area contributed by atoms with Gasteiger partial charge in [-0.25, -0.2) is 18.1 Å². The number of aryl methyl sites for hydroxylation is 1. The highest BCUT2D eigenvalue weighted by Crippen LogP contribution is 2.33. The number of amides is 1. The highest BCUT2D eigenvalue weighted by Gasteiger charge is 2.41. The van der Waals surface area contributed by atoms with Crippen molar-refractivity contribution in [3.8, 4) is 11.5 Å². The van der Waals surface area contributed by atoms with E-state index in [1.165, 1.54) is 12.1 Å². The van der Waals surface area contributed by atoms with Gasteiger partial charge in [0.25, 0.3) is 5.91 Å². The molecule has 2 aromatic carbocycles. The number of amidine groups is 3. The third kappa shape index (κ3) is 5.03. The van der Waals surface area contributed by atoms with E-state index in [-0.39, 0.29) is 39.8 Å². The fourth-order valence-electron chi connectivity index (χ4n) is 3.30. The Labute approximate surface area is 205 Å². The molecule has 1 N–H and O–H groups in total. The summed E-state index contributed by atoms with van der Waals surface area (Å²) in [6.45, 7) is 3.93. The van der Waals surface area contributed by atoms with E-state index in [1.807, 2.05) is 13.0 Å². The molecule has 180 valence electrons. The lowest BCUT2D eigenvalue weighted by Gasteiger charge is -2.23. The molecule has 0 aliphatic carbocycles. The Morgan fingerprint density at radius 1 is 1.20 bits per heavy atom. The highest BCUT2D eigenvalue weighted by atomic mass is 32.2. The van der Waals surface area contributed by atoms with Crippen molar-refractivity contribution in [2.24, 2.45) is 9.39 Å². The number of nitrogens with zero attached hydrogens (tertiary/aromatic N) is 3. The zero-order chi connectivity index (χ0) is 25.3. The molecule has 2 aliphatic heterocycles. The first kappa shape index (κ1) is 24.4. The molecule has 1 amide bonds. The van der Waals surface area contributed by atoms with Gasteiger partial charge in [0.2, 0.25) is 20.2 Å². The van der Waals surface area contributed by atoms with Gasteiger partial charge in [-0.3, -0.25) is 10.2 Å². The van der Waals surface area contributed by atoms with Crippen LogP contribution < -0.4 is 9.47 Å². The number of carbonyl (C=O) groups excluding carboxylic acids is 2.